The number of carbonyl (C=O) groups excluding carboxylic acids is 1. The van der Waals surface area contributed by atoms with E-state index in [0.29, 0.717) is 0 Å². The second-order valence-corrected chi connectivity index (χ2v) is 4.64. The van der Waals surface area contributed by atoms with Gasteiger partial charge in [0.1, 0.15) is 11.8 Å². The van der Waals surface area contributed by atoms with Gasteiger partial charge in [0.15, 0.2) is 6.61 Å². The molecule has 1 amide bonds. The normalized spacial score (nSPS) is 11.8. The number of nitrogens with one attached hydrogen (secondary N) is 1. The van der Waals surface area contributed by atoms with Crippen LogP contribution in [0, 0.1) is 10.1 Å². The van der Waals surface area contributed by atoms with Crippen LogP contribution in [0.3, 0.4) is 0 Å². The first-order valence-corrected chi connectivity index (χ1v) is 6.97. The number of nitro benzene ring substituents is 1. The van der Waals surface area contributed by atoms with Gasteiger partial charge in [0, 0.05) is 12.1 Å². The second kappa shape index (κ2) is 9.13. The summed E-state index contributed by atoms with van der Waals surface area (Å²) in [6.45, 7) is 1.31. The molecule has 0 aliphatic carbocycles. The van der Waals surface area contributed by atoms with E-state index >= 15 is 0 Å². The number of nitrogens with zero attached hydrogens (tertiary/aromatic N) is 1. The Labute approximate surface area is 138 Å². The van der Waals surface area contributed by atoms with Crippen LogP contribution in [-0.4, -0.2) is 41.7 Å². The van der Waals surface area contributed by atoms with Crippen LogP contribution in [0.5, 0.6) is 11.5 Å². The average Bonchev–Trinajstić information content (AvgIpc) is 2.55. The van der Waals surface area contributed by atoms with Crippen molar-refractivity contribution in [3.8, 4) is 11.5 Å². The Morgan fingerprint density at radius 1 is 1.46 bits per heavy atom. The van der Waals surface area contributed by atoms with E-state index in [1.165, 1.54) is 25.3 Å². The molecule has 0 aromatic heterocycles. The molecule has 24 heavy (non-hydrogen) atoms. The van der Waals surface area contributed by atoms with Crippen LogP contribution in [-0.2, 0) is 9.59 Å². The molecule has 130 valence electrons. The van der Waals surface area contributed by atoms with Gasteiger partial charge in [-0.05, 0) is 19.4 Å². The van der Waals surface area contributed by atoms with Gasteiger partial charge < -0.3 is 19.9 Å². The van der Waals surface area contributed by atoms with Gasteiger partial charge >= 0.3 is 11.7 Å². The third-order valence-corrected chi connectivity index (χ3v) is 2.96. The maximum Gasteiger partial charge on any atom is 0.326 e. The Bertz CT molecular complexity index is 643. The summed E-state index contributed by atoms with van der Waals surface area (Å²) >= 11 is 0. The van der Waals surface area contributed by atoms with E-state index < -0.39 is 29.4 Å². The van der Waals surface area contributed by atoms with Gasteiger partial charge in [0.2, 0.25) is 5.75 Å². The SMILES string of the molecule is C/C=C/CC(NC(=O)COc1ccc([N+](=O)[O-])c(OC)c1)C(=O)O. The Morgan fingerprint density at radius 2 is 2.17 bits per heavy atom. The number of carboxylic acids is 1. The molecular formula is C15H18N2O7. The minimum atomic E-state index is -1.15. The van der Waals surface area contributed by atoms with Gasteiger partial charge in [-0.15, -0.1) is 0 Å². The van der Waals surface area contributed by atoms with Crippen molar-refractivity contribution < 1.29 is 29.1 Å². The smallest absolute Gasteiger partial charge is 0.326 e. The summed E-state index contributed by atoms with van der Waals surface area (Å²) in [5.41, 5.74) is -0.230. The van der Waals surface area contributed by atoms with E-state index in [2.05, 4.69) is 5.32 Å². The lowest BCUT2D eigenvalue weighted by Crippen LogP contribution is -2.42. The fourth-order valence-corrected chi connectivity index (χ4v) is 1.78. The number of ether oxygens (including phenoxy) is 2. The van der Waals surface area contributed by atoms with Gasteiger partial charge in [0.25, 0.3) is 5.91 Å². The summed E-state index contributed by atoms with van der Waals surface area (Å²) in [6.07, 6.45) is 3.46. The predicted octanol–water partition coefficient (Wildman–Crippen LogP) is 1.52. The number of amides is 1. The number of benzene rings is 1. The number of rotatable bonds is 9. The third kappa shape index (κ3) is 5.59. The van der Waals surface area contributed by atoms with Crippen molar-refractivity contribution in [1.82, 2.24) is 5.32 Å². The Kier molecular flexibility index (Phi) is 7.21. The number of aliphatic carboxylic acids is 1. The number of carboxylic acid groups (broad SMARTS) is 1. The van der Waals surface area contributed by atoms with E-state index in [9.17, 15) is 19.7 Å². The van der Waals surface area contributed by atoms with Gasteiger partial charge in [-0.1, -0.05) is 12.2 Å². The van der Waals surface area contributed by atoms with Crippen LogP contribution in [0.2, 0.25) is 0 Å². The number of hydrogen-bond acceptors (Lipinski definition) is 6. The van der Waals surface area contributed by atoms with Crippen molar-refractivity contribution in [2.45, 2.75) is 19.4 Å². The molecule has 0 radical (unpaired) electrons. The Morgan fingerprint density at radius 3 is 2.71 bits per heavy atom. The van der Waals surface area contributed by atoms with E-state index in [4.69, 9.17) is 14.6 Å². The van der Waals surface area contributed by atoms with Crippen molar-refractivity contribution >= 4 is 17.6 Å². The maximum atomic E-state index is 11.8. The second-order valence-electron chi connectivity index (χ2n) is 4.64. The third-order valence-electron chi connectivity index (χ3n) is 2.96. The fourth-order valence-electron chi connectivity index (χ4n) is 1.78. The van der Waals surface area contributed by atoms with Crippen molar-refractivity contribution in [2.75, 3.05) is 13.7 Å². The fraction of sp³-hybridized carbons (Fsp3) is 0.333. The standard InChI is InChI=1S/C15H18N2O7/c1-3-4-5-11(15(19)20)16-14(18)9-24-10-6-7-12(17(21)22)13(8-10)23-2/h3-4,6-8,11H,5,9H2,1-2H3,(H,16,18)(H,19,20)/b4-3+. The molecule has 0 saturated heterocycles. The number of hydrogen-bond donors (Lipinski definition) is 2. The first kappa shape index (κ1) is 18.9. The first-order chi connectivity index (χ1) is 11.4. The Hall–Kier alpha value is -3.10. The van der Waals surface area contributed by atoms with E-state index in [-0.39, 0.29) is 23.6 Å². The molecule has 1 unspecified atom stereocenters. The van der Waals surface area contributed by atoms with E-state index in [0.717, 1.165) is 0 Å². The minimum Gasteiger partial charge on any atom is -0.490 e. The van der Waals surface area contributed by atoms with Gasteiger partial charge in [-0.25, -0.2) is 4.79 Å². The monoisotopic (exact) mass is 338 g/mol. The van der Waals surface area contributed by atoms with Gasteiger partial charge in [-0.2, -0.15) is 0 Å². The molecule has 0 bridgehead atoms. The highest BCUT2D eigenvalue weighted by molar-refractivity contribution is 5.84. The molecule has 1 aromatic carbocycles. The average molecular weight is 338 g/mol. The largest absolute Gasteiger partial charge is 0.490 e. The molecule has 0 heterocycles. The van der Waals surface area contributed by atoms with Crippen molar-refractivity contribution in [3.63, 3.8) is 0 Å². The van der Waals surface area contributed by atoms with Crippen LogP contribution in [0.15, 0.2) is 30.4 Å². The lowest BCUT2D eigenvalue weighted by atomic mass is 10.2. The van der Waals surface area contributed by atoms with Crippen molar-refractivity contribution in [3.05, 3.63) is 40.5 Å². The quantitative estimate of drug-likeness (QED) is 0.397. The molecular weight excluding hydrogens is 320 g/mol. The highest BCUT2D eigenvalue weighted by atomic mass is 16.6. The topological polar surface area (TPSA) is 128 Å². The molecule has 0 aliphatic heterocycles. The molecule has 0 aliphatic rings. The zero-order chi connectivity index (χ0) is 18.1. The molecule has 0 fully saturated rings. The zero-order valence-corrected chi connectivity index (χ0v) is 13.2. The summed E-state index contributed by atoms with van der Waals surface area (Å²) < 4.78 is 10.1. The molecule has 0 spiro atoms. The van der Waals surface area contributed by atoms with Gasteiger partial charge in [-0.3, -0.25) is 14.9 Å². The highest BCUT2D eigenvalue weighted by Crippen LogP contribution is 2.30. The first-order valence-electron chi connectivity index (χ1n) is 6.97. The maximum absolute atomic E-state index is 11.8. The minimum absolute atomic E-state index is 0.00518. The van der Waals surface area contributed by atoms with Crippen LogP contribution >= 0.6 is 0 Å². The Balaban J connectivity index is 2.66. The summed E-state index contributed by atoms with van der Waals surface area (Å²) in [5, 5.41) is 22.1. The van der Waals surface area contributed by atoms with Crippen molar-refractivity contribution in [1.29, 1.82) is 0 Å². The summed E-state index contributed by atoms with van der Waals surface area (Å²) in [6, 6.07) is 2.74. The van der Waals surface area contributed by atoms with Crippen molar-refractivity contribution in [2.24, 2.45) is 0 Å². The van der Waals surface area contributed by atoms with Gasteiger partial charge in [0.05, 0.1) is 12.0 Å². The van der Waals surface area contributed by atoms with Crippen LogP contribution < -0.4 is 14.8 Å². The van der Waals surface area contributed by atoms with E-state index in [1.807, 2.05) is 0 Å². The molecule has 1 rings (SSSR count). The molecule has 9 heteroatoms. The summed E-state index contributed by atoms with van der Waals surface area (Å²) in [7, 11) is 1.28. The molecule has 0 saturated carbocycles. The molecule has 9 nitrogen and oxygen atoms in total. The van der Waals surface area contributed by atoms with Crippen LogP contribution in [0.25, 0.3) is 0 Å². The lowest BCUT2D eigenvalue weighted by Gasteiger charge is -2.13. The number of nitro groups is 1. The zero-order valence-electron chi connectivity index (χ0n) is 13.2. The lowest BCUT2D eigenvalue weighted by molar-refractivity contribution is -0.385. The highest BCUT2D eigenvalue weighted by Gasteiger charge is 2.19. The number of allylic oxidation sites excluding steroid dienone is 1. The number of carbonyl (C=O) groups is 2. The van der Waals surface area contributed by atoms with Crippen LogP contribution in [0.4, 0.5) is 5.69 Å². The van der Waals surface area contributed by atoms with E-state index in [1.54, 1.807) is 19.1 Å². The van der Waals surface area contributed by atoms with Crippen LogP contribution in [0.1, 0.15) is 13.3 Å². The molecule has 2 N–H and O–H groups in total. The predicted molar refractivity (Wildman–Crippen MR) is 84.1 cm³/mol. The molecule has 1 atom stereocenters. The number of methoxy groups -OCH3 is 1. The summed E-state index contributed by atoms with van der Waals surface area (Å²) in [5.74, 6) is -1.59. The molecule has 1 aromatic rings. The summed E-state index contributed by atoms with van der Waals surface area (Å²) in [4.78, 5) is 33.0.